The highest BCUT2D eigenvalue weighted by Gasteiger charge is 1.94. The summed E-state index contributed by atoms with van der Waals surface area (Å²) in [6.07, 6.45) is 2.02. The lowest BCUT2D eigenvalue weighted by atomic mass is 10.3. The Morgan fingerprint density at radius 2 is 2.50 bits per heavy atom. The van der Waals surface area contributed by atoms with Crippen LogP contribution < -0.4 is 0 Å². The lowest BCUT2D eigenvalue weighted by molar-refractivity contribution is -0.104. The van der Waals surface area contributed by atoms with Gasteiger partial charge in [-0.15, -0.1) is 0 Å². The number of aldehydes is 1. The molecule has 0 unspecified atom stereocenters. The van der Waals surface area contributed by atoms with E-state index in [0.717, 1.165) is 5.56 Å². The topological polar surface area (TPSA) is 17.1 Å². The van der Waals surface area contributed by atoms with Crippen molar-refractivity contribution in [3.05, 3.63) is 28.5 Å². The Morgan fingerprint density at radius 3 is 3.00 bits per heavy atom. The SMILES string of the molecule is O=C/C=C(/Cl)c1ccsc1. The average Bonchev–Trinajstić information content (AvgIpc) is 2.38. The van der Waals surface area contributed by atoms with Gasteiger partial charge in [-0.2, -0.15) is 11.3 Å². The molecule has 0 aromatic carbocycles. The van der Waals surface area contributed by atoms with Crippen molar-refractivity contribution in [3.8, 4) is 0 Å². The number of thiophene rings is 1. The molecule has 1 nitrogen and oxygen atoms in total. The molecule has 3 heteroatoms. The van der Waals surface area contributed by atoms with Crippen molar-refractivity contribution < 1.29 is 4.79 Å². The van der Waals surface area contributed by atoms with Gasteiger partial charge in [-0.3, -0.25) is 4.79 Å². The zero-order valence-corrected chi connectivity index (χ0v) is 6.65. The molecule has 10 heavy (non-hydrogen) atoms. The molecule has 0 radical (unpaired) electrons. The van der Waals surface area contributed by atoms with Crippen LogP contribution in [0.4, 0.5) is 0 Å². The fraction of sp³-hybridized carbons (Fsp3) is 0. The van der Waals surface area contributed by atoms with Crippen molar-refractivity contribution >= 4 is 34.3 Å². The second kappa shape index (κ2) is 3.54. The average molecular weight is 173 g/mol. The molecule has 0 N–H and O–H groups in total. The van der Waals surface area contributed by atoms with Crippen LogP contribution in [-0.2, 0) is 4.79 Å². The fourth-order valence-corrected chi connectivity index (χ4v) is 1.45. The fourth-order valence-electron chi connectivity index (χ4n) is 0.556. The van der Waals surface area contributed by atoms with E-state index in [9.17, 15) is 4.79 Å². The first kappa shape index (κ1) is 7.51. The molecule has 1 heterocycles. The van der Waals surface area contributed by atoms with Crippen LogP contribution in [0.25, 0.3) is 5.03 Å². The summed E-state index contributed by atoms with van der Waals surface area (Å²) in [5, 5.41) is 4.30. The maximum atomic E-state index is 9.95. The zero-order chi connectivity index (χ0) is 7.40. The van der Waals surface area contributed by atoms with Gasteiger partial charge in [0, 0.05) is 5.56 Å². The van der Waals surface area contributed by atoms with Crippen molar-refractivity contribution in [2.24, 2.45) is 0 Å². The van der Waals surface area contributed by atoms with Gasteiger partial charge in [-0.25, -0.2) is 0 Å². The smallest absolute Gasteiger partial charge is 0.144 e. The van der Waals surface area contributed by atoms with E-state index in [0.29, 0.717) is 11.3 Å². The highest BCUT2D eigenvalue weighted by atomic mass is 35.5. The van der Waals surface area contributed by atoms with E-state index in [1.165, 1.54) is 6.08 Å². The Labute approximate surface area is 67.9 Å². The number of hydrogen-bond donors (Lipinski definition) is 0. The van der Waals surface area contributed by atoms with Gasteiger partial charge < -0.3 is 0 Å². The Hall–Kier alpha value is -0.600. The van der Waals surface area contributed by atoms with Gasteiger partial charge in [-0.05, 0) is 22.9 Å². The summed E-state index contributed by atoms with van der Waals surface area (Å²) in [7, 11) is 0. The number of rotatable bonds is 2. The summed E-state index contributed by atoms with van der Waals surface area (Å²) in [4.78, 5) is 9.95. The van der Waals surface area contributed by atoms with E-state index >= 15 is 0 Å². The van der Waals surface area contributed by atoms with Gasteiger partial charge in [0.1, 0.15) is 6.29 Å². The summed E-state index contributed by atoms with van der Waals surface area (Å²) in [5.74, 6) is 0. The van der Waals surface area contributed by atoms with Crippen molar-refractivity contribution in [1.29, 1.82) is 0 Å². The molecule has 0 atom stereocenters. The number of carbonyl (C=O) groups is 1. The first-order valence-electron chi connectivity index (χ1n) is 2.68. The second-order valence-corrected chi connectivity index (χ2v) is 2.85. The highest BCUT2D eigenvalue weighted by molar-refractivity contribution is 7.08. The minimum atomic E-state index is 0.497. The van der Waals surface area contributed by atoms with Gasteiger partial charge in [0.25, 0.3) is 0 Å². The molecule has 0 saturated heterocycles. The molecule has 0 aliphatic rings. The highest BCUT2D eigenvalue weighted by Crippen LogP contribution is 2.20. The predicted molar refractivity (Wildman–Crippen MR) is 44.2 cm³/mol. The summed E-state index contributed by atoms with van der Waals surface area (Å²) in [6, 6.07) is 1.87. The summed E-state index contributed by atoms with van der Waals surface area (Å²) in [6.45, 7) is 0. The van der Waals surface area contributed by atoms with Crippen molar-refractivity contribution in [2.45, 2.75) is 0 Å². The van der Waals surface area contributed by atoms with E-state index in [2.05, 4.69) is 0 Å². The van der Waals surface area contributed by atoms with Gasteiger partial charge in [0.05, 0.1) is 5.03 Å². The molecule has 0 bridgehead atoms. The molecule has 0 spiro atoms. The van der Waals surface area contributed by atoms with Crippen LogP contribution in [0.1, 0.15) is 5.56 Å². The Balaban J connectivity index is 2.86. The van der Waals surface area contributed by atoms with Crippen LogP contribution in [0.15, 0.2) is 22.9 Å². The van der Waals surface area contributed by atoms with Crippen molar-refractivity contribution in [1.82, 2.24) is 0 Å². The first-order valence-corrected chi connectivity index (χ1v) is 4.00. The zero-order valence-electron chi connectivity index (χ0n) is 5.08. The number of hydrogen-bond acceptors (Lipinski definition) is 2. The molecule has 0 saturated carbocycles. The van der Waals surface area contributed by atoms with E-state index in [1.54, 1.807) is 11.3 Å². The van der Waals surface area contributed by atoms with Crippen LogP contribution in [0.3, 0.4) is 0 Å². The number of halogens is 1. The van der Waals surface area contributed by atoms with Gasteiger partial charge >= 0.3 is 0 Å². The summed E-state index contributed by atoms with van der Waals surface area (Å²) >= 11 is 7.24. The van der Waals surface area contributed by atoms with Gasteiger partial charge in [0.15, 0.2) is 0 Å². The van der Waals surface area contributed by atoms with Crippen molar-refractivity contribution in [3.63, 3.8) is 0 Å². The third-order valence-electron chi connectivity index (χ3n) is 1.01. The van der Waals surface area contributed by atoms with Crippen LogP contribution in [0, 0.1) is 0 Å². The molecular weight excluding hydrogens is 168 g/mol. The Bertz CT molecular complexity index is 238. The molecule has 1 rings (SSSR count). The third-order valence-corrected chi connectivity index (χ3v) is 2.04. The van der Waals surface area contributed by atoms with E-state index in [-0.39, 0.29) is 0 Å². The minimum absolute atomic E-state index is 0.497. The van der Waals surface area contributed by atoms with E-state index in [1.807, 2.05) is 16.8 Å². The minimum Gasteiger partial charge on any atom is -0.299 e. The quantitative estimate of drug-likeness (QED) is 0.495. The van der Waals surface area contributed by atoms with Crippen LogP contribution >= 0.6 is 22.9 Å². The standard InChI is InChI=1S/C7H5ClOS/c8-7(1-3-9)6-2-4-10-5-6/h1-5H/b7-1+. The lowest BCUT2D eigenvalue weighted by Crippen LogP contribution is -1.69. The van der Waals surface area contributed by atoms with Gasteiger partial charge in [-0.1, -0.05) is 11.6 Å². The Kier molecular flexibility index (Phi) is 2.66. The second-order valence-electron chi connectivity index (χ2n) is 1.66. The van der Waals surface area contributed by atoms with Crippen LogP contribution in [-0.4, -0.2) is 6.29 Å². The number of allylic oxidation sites excluding steroid dienone is 1. The molecule has 52 valence electrons. The molecule has 0 fully saturated rings. The summed E-state index contributed by atoms with van der Waals surface area (Å²) < 4.78 is 0. The maximum absolute atomic E-state index is 9.95. The normalized spacial score (nSPS) is 11.5. The molecule has 1 aromatic rings. The van der Waals surface area contributed by atoms with Gasteiger partial charge in [0.2, 0.25) is 0 Å². The molecule has 0 aliphatic carbocycles. The maximum Gasteiger partial charge on any atom is 0.144 e. The monoisotopic (exact) mass is 172 g/mol. The lowest BCUT2D eigenvalue weighted by Gasteiger charge is -1.87. The molecule has 0 amide bonds. The van der Waals surface area contributed by atoms with Crippen LogP contribution in [0.5, 0.6) is 0 Å². The first-order chi connectivity index (χ1) is 4.84. The summed E-state index contributed by atoms with van der Waals surface area (Å²) in [5.41, 5.74) is 0.902. The van der Waals surface area contributed by atoms with Crippen LogP contribution in [0.2, 0.25) is 0 Å². The van der Waals surface area contributed by atoms with Crippen molar-refractivity contribution in [2.75, 3.05) is 0 Å². The molecule has 0 aliphatic heterocycles. The Morgan fingerprint density at radius 1 is 1.70 bits per heavy atom. The molecular formula is C7H5ClOS. The largest absolute Gasteiger partial charge is 0.299 e. The number of carbonyl (C=O) groups excluding carboxylic acids is 1. The van der Waals surface area contributed by atoms with E-state index in [4.69, 9.17) is 11.6 Å². The molecule has 1 aromatic heterocycles. The van der Waals surface area contributed by atoms with E-state index < -0.39 is 0 Å². The third kappa shape index (κ3) is 1.69. The predicted octanol–water partition coefficient (Wildman–Crippen LogP) is 2.53.